The molecule has 0 aliphatic heterocycles. The second-order valence-electron chi connectivity index (χ2n) is 7.08. The molecule has 0 radical (unpaired) electrons. The Kier molecular flexibility index (Phi) is 6.00. The second kappa shape index (κ2) is 7.65. The fourth-order valence-corrected chi connectivity index (χ4v) is 15.7. The van der Waals surface area contributed by atoms with Crippen molar-refractivity contribution in [1.82, 2.24) is 0 Å². The van der Waals surface area contributed by atoms with Gasteiger partial charge in [0.2, 0.25) is 0 Å². The van der Waals surface area contributed by atoms with Crippen molar-refractivity contribution in [1.29, 1.82) is 0 Å². The number of nitrogens with two attached hydrogens (primary N) is 2. The summed E-state index contributed by atoms with van der Waals surface area (Å²) in [7, 11) is 0. The van der Waals surface area contributed by atoms with E-state index >= 15 is 0 Å². The monoisotopic (exact) mass is 416 g/mol. The maximum absolute atomic E-state index is 13.5. The van der Waals surface area contributed by atoms with Gasteiger partial charge in [0.15, 0.2) is 0 Å². The van der Waals surface area contributed by atoms with Gasteiger partial charge in [-0.25, -0.2) is 0 Å². The summed E-state index contributed by atoms with van der Waals surface area (Å²) < 4.78 is 0.177. The standard InChI is InChI=1S/2C7H6NO.2C3H7.Zr/c2*8-7-3-1-6(5-9)2-4-7;2*1-3-2;/h2*1-4H,8H2;2*3H,1-2H3;. The summed E-state index contributed by atoms with van der Waals surface area (Å²) in [5, 5.41) is 0. The molecular formula is C20H26N2O2Zr. The summed E-state index contributed by atoms with van der Waals surface area (Å²) in [5.74, 6) is 0. The quantitative estimate of drug-likeness (QED) is 0.670. The molecular weight excluding hydrogens is 391 g/mol. The van der Waals surface area contributed by atoms with Crippen molar-refractivity contribution in [3.05, 3.63) is 59.7 Å². The number of nitrogen functional groups attached to an aromatic ring is 2. The molecule has 132 valence electrons. The van der Waals surface area contributed by atoms with Crippen LogP contribution in [0.1, 0.15) is 48.4 Å². The second-order valence-corrected chi connectivity index (χ2v) is 19.3. The average molecular weight is 418 g/mol. The fourth-order valence-electron chi connectivity index (χ4n) is 3.57. The summed E-state index contributed by atoms with van der Waals surface area (Å²) in [5.41, 5.74) is 13.9. The predicted octanol–water partition coefficient (Wildman–Crippen LogP) is 4.64. The van der Waals surface area contributed by atoms with Crippen LogP contribution in [0.2, 0.25) is 7.25 Å². The summed E-state index contributed by atoms with van der Waals surface area (Å²) >= 11 is -4.00. The molecule has 0 amide bonds. The molecule has 0 bridgehead atoms. The van der Waals surface area contributed by atoms with E-state index in [2.05, 4.69) is 0 Å². The van der Waals surface area contributed by atoms with Crippen LogP contribution < -0.4 is 11.5 Å². The van der Waals surface area contributed by atoms with Crippen LogP contribution in [0.3, 0.4) is 0 Å². The van der Waals surface area contributed by atoms with E-state index in [0.29, 0.717) is 22.5 Å². The maximum atomic E-state index is 13.5. The molecule has 0 aromatic heterocycles. The van der Waals surface area contributed by atoms with Crippen LogP contribution >= 0.6 is 0 Å². The van der Waals surface area contributed by atoms with E-state index in [0.717, 1.165) is 0 Å². The number of anilines is 2. The summed E-state index contributed by atoms with van der Waals surface area (Å²) in [6.07, 6.45) is 0. The van der Waals surface area contributed by atoms with E-state index in [1.165, 1.54) is 0 Å². The van der Waals surface area contributed by atoms with Gasteiger partial charge in [0.1, 0.15) is 0 Å². The zero-order chi connectivity index (χ0) is 18.8. The molecule has 25 heavy (non-hydrogen) atoms. The van der Waals surface area contributed by atoms with Crippen molar-refractivity contribution >= 4 is 18.4 Å². The van der Waals surface area contributed by atoms with Gasteiger partial charge in [-0.3, -0.25) is 0 Å². The first-order valence-electron chi connectivity index (χ1n) is 8.52. The summed E-state index contributed by atoms with van der Waals surface area (Å²) in [4.78, 5) is 27.1. The van der Waals surface area contributed by atoms with Gasteiger partial charge in [-0.15, -0.1) is 0 Å². The van der Waals surface area contributed by atoms with Crippen molar-refractivity contribution in [3.8, 4) is 0 Å². The van der Waals surface area contributed by atoms with E-state index in [9.17, 15) is 9.59 Å². The molecule has 0 unspecified atom stereocenters. The third-order valence-corrected chi connectivity index (χ3v) is 19.0. The molecule has 0 heterocycles. The van der Waals surface area contributed by atoms with Crippen LogP contribution in [0.4, 0.5) is 11.4 Å². The first-order chi connectivity index (χ1) is 11.7. The van der Waals surface area contributed by atoms with Gasteiger partial charge in [-0.2, -0.15) is 0 Å². The Morgan fingerprint density at radius 3 is 1.20 bits per heavy atom. The number of carbonyl (C=O) groups is 2. The molecule has 0 aliphatic carbocycles. The zero-order valence-electron chi connectivity index (χ0n) is 15.2. The number of hydrogen-bond acceptors (Lipinski definition) is 4. The molecule has 0 atom stereocenters. The molecule has 2 aromatic carbocycles. The average Bonchev–Trinajstić information content (AvgIpc) is 2.55. The minimum atomic E-state index is -4.00. The molecule has 4 N–H and O–H groups in total. The fraction of sp³-hybridized carbons (Fsp3) is 0.300. The van der Waals surface area contributed by atoms with E-state index in [1.54, 1.807) is 48.5 Å². The van der Waals surface area contributed by atoms with Crippen LogP contribution in [0.15, 0.2) is 48.5 Å². The van der Waals surface area contributed by atoms with Crippen molar-refractivity contribution in [2.75, 3.05) is 11.5 Å². The Bertz CT molecular complexity index is 698. The Balaban J connectivity index is 2.61. The molecule has 0 aliphatic rings. The van der Waals surface area contributed by atoms with Crippen LogP contribution in [-0.2, 0) is 20.3 Å². The van der Waals surface area contributed by atoms with Crippen molar-refractivity contribution in [3.63, 3.8) is 0 Å². The van der Waals surface area contributed by atoms with Gasteiger partial charge in [0.25, 0.3) is 0 Å². The van der Waals surface area contributed by atoms with Crippen LogP contribution in [0.25, 0.3) is 0 Å². The van der Waals surface area contributed by atoms with Gasteiger partial charge in [-0.05, 0) is 0 Å². The Morgan fingerprint density at radius 2 is 0.960 bits per heavy atom. The van der Waals surface area contributed by atoms with E-state index in [4.69, 9.17) is 11.5 Å². The number of carbonyl (C=O) groups excluding carboxylic acids is 2. The molecule has 0 fully saturated rings. The van der Waals surface area contributed by atoms with Gasteiger partial charge in [0, 0.05) is 0 Å². The molecule has 0 saturated heterocycles. The third-order valence-electron chi connectivity index (χ3n) is 4.92. The normalized spacial score (nSPS) is 11.8. The molecule has 0 saturated carbocycles. The summed E-state index contributed by atoms with van der Waals surface area (Å²) in [6, 6.07) is 13.8. The number of hydrogen-bond donors (Lipinski definition) is 2. The molecule has 2 rings (SSSR count). The van der Waals surface area contributed by atoms with Crippen molar-refractivity contribution in [2.45, 2.75) is 34.9 Å². The molecule has 5 heteroatoms. The molecule has 2 aromatic rings. The SMILES string of the molecule is C[CH](C)[Zr]([C](=O)c1ccc(N)cc1)([C](=O)c1ccc(N)cc1)[CH](C)C. The van der Waals surface area contributed by atoms with Gasteiger partial charge >= 0.3 is 154 Å². The number of benzene rings is 2. The van der Waals surface area contributed by atoms with Crippen LogP contribution in [0, 0.1) is 0 Å². The summed E-state index contributed by atoms with van der Waals surface area (Å²) in [6.45, 7) is 8.06. The molecule has 0 spiro atoms. The first kappa shape index (κ1) is 19.6. The van der Waals surface area contributed by atoms with Gasteiger partial charge in [0.05, 0.1) is 0 Å². The Labute approximate surface area is 154 Å². The van der Waals surface area contributed by atoms with E-state index in [-0.39, 0.29) is 14.2 Å². The van der Waals surface area contributed by atoms with Crippen molar-refractivity contribution in [2.24, 2.45) is 0 Å². The Morgan fingerprint density at radius 1 is 0.680 bits per heavy atom. The van der Waals surface area contributed by atoms with Crippen molar-refractivity contribution < 1.29 is 29.9 Å². The predicted molar refractivity (Wildman–Crippen MR) is 101 cm³/mol. The van der Waals surface area contributed by atoms with E-state index < -0.39 is 20.3 Å². The topological polar surface area (TPSA) is 86.2 Å². The molecule has 4 nitrogen and oxygen atoms in total. The zero-order valence-corrected chi connectivity index (χ0v) is 17.7. The van der Waals surface area contributed by atoms with E-state index in [1.807, 2.05) is 27.7 Å². The van der Waals surface area contributed by atoms with Crippen LogP contribution in [-0.4, -0.2) is 6.98 Å². The first-order valence-corrected chi connectivity index (χ1v) is 13.8. The van der Waals surface area contributed by atoms with Gasteiger partial charge in [-0.1, -0.05) is 0 Å². The van der Waals surface area contributed by atoms with Gasteiger partial charge < -0.3 is 0 Å². The third kappa shape index (κ3) is 3.62. The Hall–Kier alpha value is -1.74. The number of rotatable bonds is 6. The van der Waals surface area contributed by atoms with Crippen LogP contribution in [0.5, 0.6) is 0 Å². The minimum absolute atomic E-state index is 0.0427.